The summed E-state index contributed by atoms with van der Waals surface area (Å²) in [5.41, 5.74) is 2.72. The molecular formula is C15H23N3. The molecule has 2 aliphatic rings. The fourth-order valence-corrected chi connectivity index (χ4v) is 2.79. The Labute approximate surface area is 110 Å². The first-order valence-corrected chi connectivity index (χ1v) is 7.06. The van der Waals surface area contributed by atoms with Gasteiger partial charge in [-0.2, -0.15) is 0 Å². The molecule has 3 nitrogen and oxygen atoms in total. The van der Waals surface area contributed by atoms with Crippen molar-refractivity contribution in [1.29, 1.82) is 0 Å². The van der Waals surface area contributed by atoms with Gasteiger partial charge in [0.05, 0.1) is 0 Å². The number of hydrogen-bond acceptors (Lipinski definition) is 3. The molecule has 0 radical (unpaired) electrons. The predicted molar refractivity (Wildman–Crippen MR) is 76.2 cm³/mol. The Balaban J connectivity index is 1.51. The van der Waals surface area contributed by atoms with E-state index in [-0.39, 0.29) is 0 Å². The van der Waals surface area contributed by atoms with Crippen molar-refractivity contribution < 1.29 is 0 Å². The first-order valence-electron chi connectivity index (χ1n) is 7.06. The first-order chi connectivity index (χ1) is 8.81. The minimum atomic E-state index is 0.899. The molecule has 3 heteroatoms. The molecule has 0 saturated carbocycles. The average molecular weight is 245 g/mol. The van der Waals surface area contributed by atoms with Crippen LogP contribution in [0.3, 0.4) is 0 Å². The maximum absolute atomic E-state index is 3.35. The van der Waals surface area contributed by atoms with Crippen molar-refractivity contribution in [2.75, 3.05) is 50.7 Å². The third-order valence-corrected chi connectivity index (χ3v) is 4.15. The van der Waals surface area contributed by atoms with Gasteiger partial charge in [0.2, 0.25) is 0 Å². The van der Waals surface area contributed by atoms with Gasteiger partial charge in [0.15, 0.2) is 0 Å². The van der Waals surface area contributed by atoms with Gasteiger partial charge in [0.25, 0.3) is 0 Å². The Morgan fingerprint density at radius 2 is 1.72 bits per heavy atom. The van der Waals surface area contributed by atoms with Crippen molar-refractivity contribution in [3.63, 3.8) is 0 Å². The Kier molecular flexibility index (Phi) is 3.52. The quantitative estimate of drug-likeness (QED) is 0.867. The van der Waals surface area contributed by atoms with Crippen LogP contribution >= 0.6 is 0 Å². The molecule has 2 heterocycles. The Bertz CT molecular complexity index is 375. The molecule has 2 aliphatic heterocycles. The normalized spacial score (nSPS) is 21.9. The van der Waals surface area contributed by atoms with Gasteiger partial charge in [-0.15, -0.1) is 0 Å². The Hall–Kier alpha value is -1.06. The molecule has 18 heavy (non-hydrogen) atoms. The van der Waals surface area contributed by atoms with Crippen LogP contribution in [0.15, 0.2) is 24.3 Å². The largest absolute Gasteiger partial charge is 0.369 e. The molecule has 0 aliphatic carbocycles. The highest BCUT2D eigenvalue weighted by Gasteiger charge is 2.23. The summed E-state index contributed by atoms with van der Waals surface area (Å²) < 4.78 is 0. The van der Waals surface area contributed by atoms with Crippen LogP contribution in [0.1, 0.15) is 5.56 Å². The van der Waals surface area contributed by atoms with E-state index in [4.69, 9.17) is 0 Å². The van der Waals surface area contributed by atoms with Gasteiger partial charge < -0.3 is 10.2 Å². The summed E-state index contributed by atoms with van der Waals surface area (Å²) >= 11 is 0. The zero-order valence-corrected chi connectivity index (χ0v) is 11.2. The number of nitrogens with one attached hydrogen (secondary N) is 1. The van der Waals surface area contributed by atoms with Crippen molar-refractivity contribution >= 4 is 5.69 Å². The smallest absolute Gasteiger partial charge is 0.0367 e. The zero-order valence-electron chi connectivity index (χ0n) is 11.2. The number of aryl methyl sites for hydroxylation is 1. The van der Waals surface area contributed by atoms with Crippen molar-refractivity contribution in [2.45, 2.75) is 6.92 Å². The molecule has 0 spiro atoms. The average Bonchev–Trinajstić information content (AvgIpc) is 2.36. The number of piperazine rings is 1. The lowest BCUT2D eigenvalue weighted by molar-refractivity contribution is 0.184. The molecular weight excluding hydrogens is 222 g/mol. The maximum atomic E-state index is 3.35. The van der Waals surface area contributed by atoms with E-state index in [0.717, 1.165) is 5.92 Å². The SMILES string of the molecule is Cc1ccc(N2CCN(CC3CNC3)CC2)cc1. The molecule has 1 aromatic carbocycles. The number of anilines is 1. The van der Waals surface area contributed by atoms with Crippen LogP contribution in [0, 0.1) is 12.8 Å². The van der Waals surface area contributed by atoms with Gasteiger partial charge >= 0.3 is 0 Å². The Morgan fingerprint density at radius 3 is 2.28 bits per heavy atom. The van der Waals surface area contributed by atoms with E-state index >= 15 is 0 Å². The molecule has 1 N–H and O–H groups in total. The van der Waals surface area contributed by atoms with Crippen molar-refractivity contribution in [3.05, 3.63) is 29.8 Å². The number of hydrogen-bond donors (Lipinski definition) is 1. The minimum Gasteiger partial charge on any atom is -0.369 e. The van der Waals surface area contributed by atoms with Gasteiger partial charge in [-0.1, -0.05) is 17.7 Å². The highest BCUT2D eigenvalue weighted by molar-refractivity contribution is 5.47. The van der Waals surface area contributed by atoms with Crippen molar-refractivity contribution in [2.24, 2.45) is 5.92 Å². The summed E-state index contributed by atoms with van der Waals surface area (Å²) in [7, 11) is 0. The third-order valence-electron chi connectivity index (χ3n) is 4.15. The van der Waals surface area contributed by atoms with E-state index in [2.05, 4.69) is 46.3 Å². The van der Waals surface area contributed by atoms with Gasteiger partial charge in [0, 0.05) is 51.5 Å². The van der Waals surface area contributed by atoms with Crippen LogP contribution in [0.4, 0.5) is 5.69 Å². The summed E-state index contributed by atoms with van der Waals surface area (Å²) in [4.78, 5) is 5.13. The molecule has 0 unspecified atom stereocenters. The van der Waals surface area contributed by atoms with E-state index in [1.807, 2.05) is 0 Å². The van der Waals surface area contributed by atoms with E-state index in [1.54, 1.807) is 0 Å². The van der Waals surface area contributed by atoms with E-state index < -0.39 is 0 Å². The summed E-state index contributed by atoms with van der Waals surface area (Å²) in [6.45, 7) is 10.6. The highest BCUT2D eigenvalue weighted by atomic mass is 15.3. The second-order valence-corrected chi connectivity index (χ2v) is 5.65. The lowest BCUT2D eigenvalue weighted by Crippen LogP contribution is -2.53. The number of nitrogens with zero attached hydrogens (tertiary/aromatic N) is 2. The number of rotatable bonds is 3. The van der Waals surface area contributed by atoms with Crippen LogP contribution in [-0.2, 0) is 0 Å². The molecule has 2 fully saturated rings. The minimum absolute atomic E-state index is 0.899. The van der Waals surface area contributed by atoms with Crippen LogP contribution < -0.4 is 10.2 Å². The van der Waals surface area contributed by atoms with Gasteiger partial charge in [-0.05, 0) is 25.0 Å². The standard InChI is InChI=1S/C15H23N3/c1-13-2-4-15(5-3-13)18-8-6-17(7-9-18)12-14-10-16-11-14/h2-5,14,16H,6-12H2,1H3. The molecule has 1 aromatic rings. The first kappa shape index (κ1) is 12.0. The summed E-state index contributed by atoms with van der Waals surface area (Å²) in [5.74, 6) is 0.899. The fourth-order valence-electron chi connectivity index (χ4n) is 2.79. The molecule has 0 amide bonds. The summed E-state index contributed by atoms with van der Waals surface area (Å²) in [6.07, 6.45) is 0. The van der Waals surface area contributed by atoms with Crippen LogP contribution in [-0.4, -0.2) is 50.7 Å². The topological polar surface area (TPSA) is 18.5 Å². The van der Waals surface area contributed by atoms with Gasteiger partial charge in [-0.25, -0.2) is 0 Å². The molecule has 0 atom stereocenters. The molecule has 2 saturated heterocycles. The van der Waals surface area contributed by atoms with Gasteiger partial charge in [-0.3, -0.25) is 4.90 Å². The maximum Gasteiger partial charge on any atom is 0.0367 e. The van der Waals surface area contributed by atoms with Crippen LogP contribution in [0.2, 0.25) is 0 Å². The zero-order chi connectivity index (χ0) is 12.4. The van der Waals surface area contributed by atoms with Crippen LogP contribution in [0.5, 0.6) is 0 Å². The second-order valence-electron chi connectivity index (χ2n) is 5.65. The monoisotopic (exact) mass is 245 g/mol. The number of benzene rings is 1. The van der Waals surface area contributed by atoms with Crippen molar-refractivity contribution in [1.82, 2.24) is 10.2 Å². The molecule has 0 aromatic heterocycles. The molecule has 3 rings (SSSR count). The Morgan fingerprint density at radius 1 is 1.06 bits per heavy atom. The summed E-state index contributed by atoms with van der Waals surface area (Å²) in [5, 5.41) is 3.35. The van der Waals surface area contributed by atoms with Crippen LogP contribution in [0.25, 0.3) is 0 Å². The molecule has 0 bridgehead atoms. The lowest BCUT2D eigenvalue weighted by atomic mass is 10.0. The second kappa shape index (κ2) is 5.29. The van der Waals surface area contributed by atoms with E-state index in [9.17, 15) is 0 Å². The predicted octanol–water partition coefficient (Wildman–Crippen LogP) is 1.34. The van der Waals surface area contributed by atoms with Gasteiger partial charge in [0.1, 0.15) is 0 Å². The third kappa shape index (κ3) is 2.68. The lowest BCUT2D eigenvalue weighted by Gasteiger charge is -2.39. The van der Waals surface area contributed by atoms with Crippen molar-refractivity contribution in [3.8, 4) is 0 Å². The van der Waals surface area contributed by atoms with E-state index in [1.165, 1.54) is 57.1 Å². The highest BCUT2D eigenvalue weighted by Crippen LogP contribution is 2.17. The molecule has 98 valence electrons. The van der Waals surface area contributed by atoms with E-state index in [0.29, 0.717) is 0 Å². The fraction of sp³-hybridized carbons (Fsp3) is 0.600. The summed E-state index contributed by atoms with van der Waals surface area (Å²) in [6, 6.07) is 8.92.